The summed E-state index contributed by atoms with van der Waals surface area (Å²) in [7, 11) is 0. The SMILES string of the molecule is C=C(/C=C(\C=C\C(=O)OCC)CCC)CCC. The Morgan fingerprint density at radius 1 is 1.12 bits per heavy atom. The lowest BCUT2D eigenvalue weighted by atomic mass is 10.0. The van der Waals surface area contributed by atoms with E-state index in [1.165, 1.54) is 6.08 Å². The summed E-state index contributed by atoms with van der Waals surface area (Å²) < 4.78 is 4.85. The van der Waals surface area contributed by atoms with Gasteiger partial charge >= 0.3 is 5.97 Å². The largest absolute Gasteiger partial charge is 0.463 e. The second-order valence-corrected chi connectivity index (χ2v) is 3.96. The number of ether oxygens (including phenoxy) is 1. The standard InChI is InChI=1S/C15H24O2/c1-5-8-13(4)12-14(9-6-2)10-11-15(16)17-7-3/h10-12H,4-9H2,1-3H3/b11-10+,14-12-. The molecule has 0 aromatic carbocycles. The first-order valence-electron chi connectivity index (χ1n) is 6.37. The highest BCUT2D eigenvalue weighted by atomic mass is 16.5. The molecule has 0 aromatic rings. The molecular formula is C15H24O2. The molecule has 96 valence electrons. The Hall–Kier alpha value is -1.31. The van der Waals surface area contributed by atoms with Gasteiger partial charge in [-0.3, -0.25) is 0 Å². The molecule has 0 amide bonds. The molecule has 0 heterocycles. The zero-order valence-electron chi connectivity index (χ0n) is 11.3. The third kappa shape index (κ3) is 8.49. The maximum absolute atomic E-state index is 11.2. The van der Waals surface area contributed by atoms with Crippen molar-refractivity contribution in [3.8, 4) is 0 Å². The van der Waals surface area contributed by atoms with Crippen LogP contribution in [-0.4, -0.2) is 12.6 Å². The molecule has 0 radical (unpaired) electrons. The van der Waals surface area contributed by atoms with Crippen molar-refractivity contribution in [1.29, 1.82) is 0 Å². The Morgan fingerprint density at radius 3 is 2.29 bits per heavy atom. The summed E-state index contributed by atoms with van der Waals surface area (Å²) in [5, 5.41) is 0. The van der Waals surface area contributed by atoms with Gasteiger partial charge in [0.05, 0.1) is 6.61 Å². The lowest BCUT2D eigenvalue weighted by Gasteiger charge is -2.02. The molecule has 2 nitrogen and oxygen atoms in total. The number of carbonyl (C=O) groups is 1. The van der Waals surface area contributed by atoms with Crippen molar-refractivity contribution in [3.05, 3.63) is 36.0 Å². The van der Waals surface area contributed by atoms with Gasteiger partial charge in [0.2, 0.25) is 0 Å². The maximum atomic E-state index is 11.2. The molecule has 0 saturated carbocycles. The minimum Gasteiger partial charge on any atom is -0.463 e. The summed E-state index contributed by atoms with van der Waals surface area (Å²) in [4.78, 5) is 11.2. The first-order chi connectivity index (χ1) is 8.13. The number of esters is 1. The molecule has 17 heavy (non-hydrogen) atoms. The van der Waals surface area contributed by atoms with Crippen LogP contribution in [0, 0.1) is 0 Å². The molecule has 2 heteroatoms. The van der Waals surface area contributed by atoms with Crippen molar-refractivity contribution in [2.45, 2.75) is 46.5 Å². The van der Waals surface area contributed by atoms with E-state index in [0.717, 1.165) is 36.8 Å². The summed E-state index contributed by atoms with van der Waals surface area (Å²) in [6, 6.07) is 0. The van der Waals surface area contributed by atoms with Crippen molar-refractivity contribution in [2.24, 2.45) is 0 Å². The zero-order valence-corrected chi connectivity index (χ0v) is 11.3. The van der Waals surface area contributed by atoms with Crippen LogP contribution in [0.2, 0.25) is 0 Å². The van der Waals surface area contributed by atoms with E-state index in [4.69, 9.17) is 4.74 Å². The smallest absolute Gasteiger partial charge is 0.330 e. The van der Waals surface area contributed by atoms with Gasteiger partial charge < -0.3 is 4.74 Å². The van der Waals surface area contributed by atoms with Crippen LogP contribution in [0.5, 0.6) is 0 Å². The first-order valence-corrected chi connectivity index (χ1v) is 6.37. The summed E-state index contributed by atoms with van der Waals surface area (Å²) in [6.07, 6.45) is 9.50. The Morgan fingerprint density at radius 2 is 1.76 bits per heavy atom. The predicted molar refractivity (Wildman–Crippen MR) is 72.8 cm³/mol. The first kappa shape index (κ1) is 15.7. The van der Waals surface area contributed by atoms with Crippen LogP contribution >= 0.6 is 0 Å². The second kappa shape index (κ2) is 9.88. The number of allylic oxidation sites excluding steroid dienone is 4. The lowest BCUT2D eigenvalue weighted by molar-refractivity contribution is -0.137. The van der Waals surface area contributed by atoms with E-state index in [2.05, 4.69) is 26.5 Å². The molecule has 0 aliphatic rings. The average Bonchev–Trinajstić information content (AvgIpc) is 2.27. The Balaban J connectivity index is 4.51. The normalized spacial score (nSPS) is 11.8. The van der Waals surface area contributed by atoms with Gasteiger partial charge in [0.15, 0.2) is 0 Å². The van der Waals surface area contributed by atoms with Gasteiger partial charge in [-0.1, -0.05) is 51.0 Å². The summed E-state index contributed by atoms with van der Waals surface area (Å²) in [6.45, 7) is 10.5. The van der Waals surface area contributed by atoms with Crippen molar-refractivity contribution < 1.29 is 9.53 Å². The molecule has 0 N–H and O–H groups in total. The quantitative estimate of drug-likeness (QED) is 0.359. The van der Waals surface area contributed by atoms with Crippen molar-refractivity contribution >= 4 is 5.97 Å². The molecule has 0 rings (SSSR count). The van der Waals surface area contributed by atoms with Crippen LogP contribution in [0.1, 0.15) is 46.5 Å². The van der Waals surface area contributed by atoms with E-state index in [0.29, 0.717) is 6.61 Å². The molecule has 0 aliphatic carbocycles. The number of hydrogen-bond donors (Lipinski definition) is 0. The molecule has 0 bridgehead atoms. The van der Waals surface area contributed by atoms with Gasteiger partial charge in [-0.05, 0) is 25.3 Å². The lowest BCUT2D eigenvalue weighted by Crippen LogP contribution is -1.99. The fourth-order valence-electron chi connectivity index (χ4n) is 1.51. The molecule has 0 aromatic heterocycles. The van der Waals surface area contributed by atoms with E-state index >= 15 is 0 Å². The highest BCUT2D eigenvalue weighted by Crippen LogP contribution is 2.13. The van der Waals surface area contributed by atoms with Crippen LogP contribution in [0.15, 0.2) is 36.0 Å². The van der Waals surface area contributed by atoms with Crippen LogP contribution < -0.4 is 0 Å². The van der Waals surface area contributed by atoms with E-state index in [1.54, 1.807) is 6.92 Å². The fourth-order valence-corrected chi connectivity index (χ4v) is 1.51. The third-order valence-electron chi connectivity index (χ3n) is 2.22. The summed E-state index contributed by atoms with van der Waals surface area (Å²) >= 11 is 0. The Labute approximate surface area is 105 Å². The maximum Gasteiger partial charge on any atom is 0.330 e. The van der Waals surface area contributed by atoms with Crippen LogP contribution in [0.25, 0.3) is 0 Å². The van der Waals surface area contributed by atoms with Crippen LogP contribution in [0.3, 0.4) is 0 Å². The van der Waals surface area contributed by atoms with Crippen molar-refractivity contribution in [3.63, 3.8) is 0 Å². The summed E-state index contributed by atoms with van der Waals surface area (Å²) in [5.74, 6) is -0.282. The number of hydrogen-bond acceptors (Lipinski definition) is 2. The Bertz CT molecular complexity index is 298. The average molecular weight is 236 g/mol. The van der Waals surface area contributed by atoms with E-state index in [-0.39, 0.29) is 5.97 Å². The highest BCUT2D eigenvalue weighted by Gasteiger charge is 1.97. The molecule has 0 aliphatic heterocycles. The van der Waals surface area contributed by atoms with Gasteiger partial charge in [-0.2, -0.15) is 0 Å². The molecule has 0 fully saturated rings. The highest BCUT2D eigenvalue weighted by molar-refractivity contribution is 5.82. The van der Waals surface area contributed by atoms with E-state index < -0.39 is 0 Å². The predicted octanol–water partition coefficient (Wildman–Crippen LogP) is 4.19. The minimum absolute atomic E-state index is 0.282. The minimum atomic E-state index is -0.282. The second-order valence-electron chi connectivity index (χ2n) is 3.96. The van der Waals surface area contributed by atoms with Gasteiger partial charge in [0, 0.05) is 6.08 Å². The molecule has 0 saturated heterocycles. The third-order valence-corrected chi connectivity index (χ3v) is 2.22. The van der Waals surface area contributed by atoms with E-state index in [1.807, 2.05) is 6.08 Å². The zero-order chi connectivity index (χ0) is 13.1. The van der Waals surface area contributed by atoms with Gasteiger partial charge in [0.25, 0.3) is 0 Å². The van der Waals surface area contributed by atoms with Crippen LogP contribution in [0.4, 0.5) is 0 Å². The monoisotopic (exact) mass is 236 g/mol. The summed E-state index contributed by atoms with van der Waals surface area (Å²) in [5.41, 5.74) is 2.25. The number of rotatable bonds is 8. The van der Waals surface area contributed by atoms with Crippen LogP contribution in [-0.2, 0) is 9.53 Å². The Kier molecular flexibility index (Phi) is 9.12. The number of carbonyl (C=O) groups excluding carboxylic acids is 1. The van der Waals surface area contributed by atoms with Gasteiger partial charge in [-0.15, -0.1) is 0 Å². The van der Waals surface area contributed by atoms with Gasteiger partial charge in [-0.25, -0.2) is 4.79 Å². The van der Waals surface area contributed by atoms with Gasteiger partial charge in [0.1, 0.15) is 0 Å². The molecule has 0 unspecified atom stereocenters. The molecule has 0 atom stereocenters. The molecule has 0 spiro atoms. The topological polar surface area (TPSA) is 26.3 Å². The van der Waals surface area contributed by atoms with Crippen molar-refractivity contribution in [2.75, 3.05) is 6.61 Å². The van der Waals surface area contributed by atoms with E-state index in [9.17, 15) is 4.79 Å². The van der Waals surface area contributed by atoms with Crippen molar-refractivity contribution in [1.82, 2.24) is 0 Å². The molecular weight excluding hydrogens is 212 g/mol. The fraction of sp³-hybridized carbons (Fsp3) is 0.533.